The van der Waals surface area contributed by atoms with Crippen LogP contribution in [0.4, 0.5) is 5.69 Å². The predicted molar refractivity (Wildman–Crippen MR) is 112 cm³/mol. The summed E-state index contributed by atoms with van der Waals surface area (Å²) in [5, 5.41) is 10.3. The molecule has 0 bridgehead atoms. The van der Waals surface area contributed by atoms with Crippen molar-refractivity contribution >= 4 is 16.7 Å². The Morgan fingerprint density at radius 3 is 2.75 bits per heavy atom. The second-order valence-corrected chi connectivity index (χ2v) is 8.62. The first kappa shape index (κ1) is 18.9. The summed E-state index contributed by atoms with van der Waals surface area (Å²) in [4.78, 5) is 7.13. The molecular weight excluding hydrogens is 350 g/mol. The van der Waals surface area contributed by atoms with Crippen LogP contribution in [0.5, 0.6) is 0 Å². The van der Waals surface area contributed by atoms with Crippen LogP contribution < -0.4 is 10.6 Å². The SMILES string of the molecule is Cc1cc(N2Cc3cnn(CCCCCN)c3C(C)(C)C2)c2cnn(C)c2n1. The van der Waals surface area contributed by atoms with E-state index in [2.05, 4.69) is 52.7 Å². The number of aromatic nitrogens is 5. The van der Waals surface area contributed by atoms with Gasteiger partial charge in [-0.3, -0.25) is 9.36 Å². The summed E-state index contributed by atoms with van der Waals surface area (Å²) in [7, 11) is 1.95. The van der Waals surface area contributed by atoms with Crippen molar-refractivity contribution in [2.24, 2.45) is 12.8 Å². The van der Waals surface area contributed by atoms with Gasteiger partial charge in [0.25, 0.3) is 0 Å². The van der Waals surface area contributed by atoms with Gasteiger partial charge < -0.3 is 10.6 Å². The van der Waals surface area contributed by atoms with Crippen LogP contribution in [0, 0.1) is 6.92 Å². The summed E-state index contributed by atoms with van der Waals surface area (Å²) in [5.74, 6) is 0. The maximum atomic E-state index is 5.63. The molecule has 0 saturated heterocycles. The Bertz CT molecular complexity index is 982. The molecule has 0 aromatic carbocycles. The molecule has 1 aliphatic heterocycles. The van der Waals surface area contributed by atoms with Crippen LogP contribution in [0.1, 0.15) is 50.1 Å². The Kier molecular flexibility index (Phi) is 4.87. The lowest BCUT2D eigenvalue weighted by Crippen LogP contribution is -2.43. The van der Waals surface area contributed by atoms with Crippen LogP contribution in [0.15, 0.2) is 18.5 Å². The zero-order chi connectivity index (χ0) is 19.9. The van der Waals surface area contributed by atoms with E-state index in [0.717, 1.165) is 62.2 Å². The summed E-state index contributed by atoms with van der Waals surface area (Å²) in [5.41, 5.74) is 11.5. The van der Waals surface area contributed by atoms with Crippen LogP contribution >= 0.6 is 0 Å². The molecule has 0 fully saturated rings. The molecule has 0 saturated carbocycles. The van der Waals surface area contributed by atoms with Gasteiger partial charge in [-0.15, -0.1) is 0 Å². The van der Waals surface area contributed by atoms with E-state index in [4.69, 9.17) is 10.8 Å². The fourth-order valence-electron chi connectivity index (χ4n) is 4.54. The van der Waals surface area contributed by atoms with Gasteiger partial charge in [-0.25, -0.2) is 4.98 Å². The number of fused-ring (bicyclic) bond motifs is 2. The largest absolute Gasteiger partial charge is 0.365 e. The minimum atomic E-state index is 0.0175. The molecule has 1 aliphatic rings. The number of pyridine rings is 1. The Morgan fingerprint density at radius 1 is 1.14 bits per heavy atom. The molecule has 0 atom stereocenters. The third-order valence-electron chi connectivity index (χ3n) is 5.73. The maximum absolute atomic E-state index is 5.63. The minimum Gasteiger partial charge on any atom is -0.365 e. The number of nitrogens with two attached hydrogens (primary N) is 1. The van der Waals surface area contributed by atoms with Crippen molar-refractivity contribution in [2.75, 3.05) is 18.0 Å². The van der Waals surface area contributed by atoms with Crippen LogP contribution in [-0.4, -0.2) is 37.6 Å². The van der Waals surface area contributed by atoms with E-state index in [-0.39, 0.29) is 5.41 Å². The molecule has 2 N–H and O–H groups in total. The molecule has 4 rings (SSSR count). The highest BCUT2D eigenvalue weighted by atomic mass is 15.3. The highest BCUT2D eigenvalue weighted by molar-refractivity contribution is 5.89. The van der Waals surface area contributed by atoms with Crippen molar-refractivity contribution in [2.45, 2.75) is 58.5 Å². The van der Waals surface area contributed by atoms with Crippen molar-refractivity contribution in [3.63, 3.8) is 0 Å². The van der Waals surface area contributed by atoms with Gasteiger partial charge in [-0.05, 0) is 32.4 Å². The first-order chi connectivity index (χ1) is 13.4. The van der Waals surface area contributed by atoms with Gasteiger partial charge in [0, 0.05) is 43.4 Å². The number of aryl methyl sites for hydroxylation is 3. The van der Waals surface area contributed by atoms with E-state index in [1.165, 1.54) is 16.9 Å². The monoisotopic (exact) mass is 381 g/mol. The van der Waals surface area contributed by atoms with Crippen molar-refractivity contribution in [3.8, 4) is 0 Å². The first-order valence-corrected chi connectivity index (χ1v) is 10.2. The Morgan fingerprint density at radius 2 is 1.96 bits per heavy atom. The summed E-state index contributed by atoms with van der Waals surface area (Å²) in [6, 6.07) is 2.18. The normalized spacial score (nSPS) is 16.0. The number of unbranched alkanes of at least 4 members (excludes halogenated alkanes) is 2. The van der Waals surface area contributed by atoms with E-state index >= 15 is 0 Å². The van der Waals surface area contributed by atoms with E-state index in [1.807, 2.05) is 17.9 Å². The third kappa shape index (κ3) is 3.28. The molecule has 28 heavy (non-hydrogen) atoms. The maximum Gasteiger partial charge on any atom is 0.159 e. The fraction of sp³-hybridized carbons (Fsp3) is 0.571. The van der Waals surface area contributed by atoms with Crippen molar-refractivity contribution in [1.29, 1.82) is 0 Å². The van der Waals surface area contributed by atoms with E-state index < -0.39 is 0 Å². The summed E-state index contributed by atoms with van der Waals surface area (Å²) < 4.78 is 4.08. The van der Waals surface area contributed by atoms with Gasteiger partial charge in [0.15, 0.2) is 5.65 Å². The number of rotatable bonds is 6. The molecule has 7 nitrogen and oxygen atoms in total. The quantitative estimate of drug-likeness (QED) is 0.664. The molecule has 0 amide bonds. The van der Waals surface area contributed by atoms with Crippen molar-refractivity contribution < 1.29 is 0 Å². The molecule has 150 valence electrons. The van der Waals surface area contributed by atoms with Gasteiger partial charge in [0.1, 0.15) is 0 Å². The average molecular weight is 382 g/mol. The summed E-state index contributed by atoms with van der Waals surface area (Å²) in [6.07, 6.45) is 7.36. The van der Waals surface area contributed by atoms with E-state index in [1.54, 1.807) is 0 Å². The second kappa shape index (κ2) is 7.20. The molecular formula is C21H31N7. The lowest BCUT2D eigenvalue weighted by molar-refractivity contribution is 0.415. The van der Waals surface area contributed by atoms with Crippen LogP contribution in [0.2, 0.25) is 0 Å². The van der Waals surface area contributed by atoms with Gasteiger partial charge in [0.05, 0.1) is 29.2 Å². The molecule has 0 radical (unpaired) electrons. The van der Waals surface area contributed by atoms with Crippen molar-refractivity contribution in [1.82, 2.24) is 24.5 Å². The van der Waals surface area contributed by atoms with E-state index in [9.17, 15) is 0 Å². The van der Waals surface area contributed by atoms with Gasteiger partial charge in [-0.1, -0.05) is 20.3 Å². The molecule has 0 spiro atoms. The molecule has 0 aliphatic carbocycles. The lowest BCUT2D eigenvalue weighted by Gasteiger charge is -2.40. The third-order valence-corrected chi connectivity index (χ3v) is 5.73. The molecule has 0 unspecified atom stereocenters. The first-order valence-electron chi connectivity index (χ1n) is 10.2. The topological polar surface area (TPSA) is 77.8 Å². The fourth-order valence-corrected chi connectivity index (χ4v) is 4.54. The minimum absolute atomic E-state index is 0.0175. The second-order valence-electron chi connectivity index (χ2n) is 8.62. The summed E-state index contributed by atoms with van der Waals surface area (Å²) >= 11 is 0. The predicted octanol–water partition coefficient (Wildman–Crippen LogP) is 2.90. The van der Waals surface area contributed by atoms with Crippen molar-refractivity contribution in [3.05, 3.63) is 35.4 Å². The molecule has 4 heterocycles. The Balaban J connectivity index is 1.66. The van der Waals surface area contributed by atoms with Crippen LogP contribution in [0.3, 0.4) is 0 Å². The van der Waals surface area contributed by atoms with Crippen LogP contribution in [-0.2, 0) is 25.6 Å². The standard InChI is InChI=1S/C21H31N7/c1-15-10-18(17-12-23-26(4)20(17)25-15)27-13-16-11-24-28(9-7-5-6-8-22)19(16)21(2,3)14-27/h10-12H,5-9,13-14,22H2,1-4H3. The van der Waals surface area contributed by atoms with Gasteiger partial charge >= 0.3 is 0 Å². The smallest absolute Gasteiger partial charge is 0.159 e. The average Bonchev–Trinajstić information content (AvgIpc) is 3.22. The highest BCUT2D eigenvalue weighted by Crippen LogP contribution is 2.38. The zero-order valence-electron chi connectivity index (χ0n) is 17.4. The molecule has 3 aromatic rings. The molecule has 3 aromatic heterocycles. The number of nitrogens with zero attached hydrogens (tertiary/aromatic N) is 6. The van der Waals surface area contributed by atoms with E-state index in [0.29, 0.717) is 0 Å². The highest BCUT2D eigenvalue weighted by Gasteiger charge is 2.36. The lowest BCUT2D eigenvalue weighted by atomic mass is 9.82. The summed E-state index contributed by atoms with van der Waals surface area (Å²) in [6.45, 7) is 10.3. The zero-order valence-corrected chi connectivity index (χ0v) is 17.4. The Hall–Kier alpha value is -2.41. The number of anilines is 1. The number of hydrogen-bond acceptors (Lipinski definition) is 5. The molecule has 7 heteroatoms. The van der Waals surface area contributed by atoms with Crippen LogP contribution in [0.25, 0.3) is 11.0 Å². The van der Waals surface area contributed by atoms with Gasteiger partial charge in [-0.2, -0.15) is 10.2 Å². The van der Waals surface area contributed by atoms with Gasteiger partial charge in [0.2, 0.25) is 0 Å². The Labute approximate surface area is 166 Å². The number of hydrogen-bond donors (Lipinski definition) is 1.